The minimum atomic E-state index is 1.08. The summed E-state index contributed by atoms with van der Waals surface area (Å²) in [5.41, 5.74) is 19.4. The second kappa shape index (κ2) is 17.8. The summed E-state index contributed by atoms with van der Waals surface area (Å²) in [5, 5.41) is 0. The zero-order valence-electron chi connectivity index (χ0n) is 35.2. The summed E-state index contributed by atoms with van der Waals surface area (Å²) < 4.78 is 0. The molecular formula is C61H46N2. The molecule has 0 heterocycles. The molecule has 0 aliphatic heterocycles. The lowest BCUT2D eigenvalue weighted by Gasteiger charge is -2.33. The lowest BCUT2D eigenvalue weighted by molar-refractivity contribution is 1.21. The van der Waals surface area contributed by atoms with Gasteiger partial charge in [-0.15, -0.1) is 0 Å². The van der Waals surface area contributed by atoms with Gasteiger partial charge in [0.15, 0.2) is 0 Å². The monoisotopic (exact) mass is 806 g/mol. The Kier molecular flexibility index (Phi) is 11.0. The van der Waals surface area contributed by atoms with Crippen molar-refractivity contribution in [2.75, 3.05) is 9.80 Å². The van der Waals surface area contributed by atoms with Gasteiger partial charge >= 0.3 is 0 Å². The van der Waals surface area contributed by atoms with Crippen molar-refractivity contribution in [1.82, 2.24) is 0 Å². The van der Waals surface area contributed by atoms with Crippen LogP contribution < -0.4 is 9.80 Å². The van der Waals surface area contributed by atoms with Crippen LogP contribution >= 0.6 is 0 Å². The number of rotatable bonds is 11. The topological polar surface area (TPSA) is 6.48 Å². The zero-order chi connectivity index (χ0) is 42.4. The molecular weight excluding hydrogens is 761 g/mol. The van der Waals surface area contributed by atoms with Gasteiger partial charge in [0.2, 0.25) is 0 Å². The Labute approximate surface area is 371 Å². The Morgan fingerprint density at radius 1 is 0.206 bits per heavy atom. The third kappa shape index (κ3) is 8.31. The molecule has 2 heteroatoms. The molecule has 0 saturated heterocycles. The highest BCUT2D eigenvalue weighted by Gasteiger charge is 2.23. The molecule has 0 bridgehead atoms. The molecule has 10 aromatic carbocycles. The van der Waals surface area contributed by atoms with E-state index in [0.29, 0.717) is 0 Å². The average Bonchev–Trinajstić information content (AvgIpc) is 3.37. The minimum absolute atomic E-state index is 1.08. The fourth-order valence-corrected chi connectivity index (χ4v) is 8.53. The van der Waals surface area contributed by atoms with Gasteiger partial charge in [0, 0.05) is 22.7 Å². The third-order valence-corrected chi connectivity index (χ3v) is 11.9. The number of hydrogen-bond donors (Lipinski definition) is 0. The molecule has 0 unspecified atom stereocenters. The quantitative estimate of drug-likeness (QED) is 0.128. The van der Waals surface area contributed by atoms with E-state index >= 15 is 0 Å². The summed E-state index contributed by atoms with van der Waals surface area (Å²) in [6.07, 6.45) is 0. The van der Waals surface area contributed by atoms with Gasteiger partial charge in [-0.25, -0.2) is 0 Å². The first-order valence-corrected chi connectivity index (χ1v) is 21.6. The van der Waals surface area contributed by atoms with Crippen LogP contribution in [0.1, 0.15) is 5.56 Å². The van der Waals surface area contributed by atoms with E-state index in [2.05, 4.69) is 278 Å². The standard InChI is InChI=1S/C61H46N2/c1-45-60(62(56-35-27-51(28-36-56)46-17-7-2-8-18-46)57-37-29-52(30-38-57)47-19-9-3-10-20-47)43-55(50-25-15-6-16-26-50)44-61(45)63(58-39-31-53(32-40-58)48-21-11-4-12-22-48)59-41-33-54(34-42-59)49-23-13-5-14-24-49/h2-44H,1H3. The summed E-state index contributed by atoms with van der Waals surface area (Å²) >= 11 is 0. The van der Waals surface area contributed by atoms with Crippen molar-refractivity contribution in [2.24, 2.45) is 0 Å². The predicted molar refractivity (Wildman–Crippen MR) is 268 cm³/mol. The zero-order valence-corrected chi connectivity index (χ0v) is 35.2. The van der Waals surface area contributed by atoms with Crippen LogP contribution in [0, 0.1) is 6.92 Å². The molecule has 0 fully saturated rings. The second-order valence-electron chi connectivity index (χ2n) is 15.8. The highest BCUT2D eigenvalue weighted by Crippen LogP contribution is 2.47. The molecule has 0 N–H and O–H groups in total. The molecule has 2 nitrogen and oxygen atoms in total. The SMILES string of the molecule is Cc1c(N(c2ccc(-c3ccccc3)cc2)c2ccc(-c3ccccc3)cc2)cc(-c2ccccc2)cc1N(c1ccc(-c2ccccc2)cc1)c1ccc(-c2ccccc2)cc1. The van der Waals surface area contributed by atoms with E-state index in [9.17, 15) is 0 Å². The maximum Gasteiger partial charge on any atom is 0.0517 e. The lowest BCUT2D eigenvalue weighted by atomic mass is 9.97. The van der Waals surface area contributed by atoms with E-state index in [-0.39, 0.29) is 0 Å². The highest BCUT2D eigenvalue weighted by atomic mass is 15.2. The Hall–Kier alpha value is -8.20. The van der Waals surface area contributed by atoms with Crippen LogP contribution in [-0.4, -0.2) is 0 Å². The summed E-state index contributed by atoms with van der Waals surface area (Å²) in [7, 11) is 0. The Bertz CT molecular complexity index is 2680. The van der Waals surface area contributed by atoms with Crippen molar-refractivity contribution < 1.29 is 0 Å². The van der Waals surface area contributed by atoms with E-state index in [1.54, 1.807) is 0 Å². The first-order chi connectivity index (χ1) is 31.2. The van der Waals surface area contributed by atoms with E-state index < -0.39 is 0 Å². The first-order valence-electron chi connectivity index (χ1n) is 21.6. The molecule has 10 aromatic rings. The van der Waals surface area contributed by atoms with Crippen molar-refractivity contribution in [2.45, 2.75) is 6.92 Å². The smallest absolute Gasteiger partial charge is 0.0517 e. The van der Waals surface area contributed by atoms with Gasteiger partial charge in [-0.05, 0) is 129 Å². The van der Waals surface area contributed by atoms with Crippen molar-refractivity contribution in [3.63, 3.8) is 0 Å². The van der Waals surface area contributed by atoms with Gasteiger partial charge in [-0.1, -0.05) is 200 Å². The maximum absolute atomic E-state index is 2.42. The number of hydrogen-bond acceptors (Lipinski definition) is 2. The molecule has 0 saturated carbocycles. The highest BCUT2D eigenvalue weighted by molar-refractivity contribution is 5.91. The number of anilines is 6. The first kappa shape index (κ1) is 39.0. The average molecular weight is 807 g/mol. The summed E-state index contributed by atoms with van der Waals surface area (Å²) in [4.78, 5) is 4.84. The summed E-state index contributed by atoms with van der Waals surface area (Å²) in [6.45, 7) is 2.27. The van der Waals surface area contributed by atoms with Gasteiger partial charge in [0.25, 0.3) is 0 Å². The Morgan fingerprint density at radius 2 is 0.397 bits per heavy atom. The molecule has 0 aliphatic carbocycles. The molecule has 63 heavy (non-hydrogen) atoms. The van der Waals surface area contributed by atoms with E-state index in [4.69, 9.17) is 0 Å². The van der Waals surface area contributed by atoms with Crippen LogP contribution in [0.5, 0.6) is 0 Å². The van der Waals surface area contributed by atoms with Crippen molar-refractivity contribution in [3.05, 3.63) is 266 Å². The number of nitrogens with zero attached hydrogens (tertiary/aromatic N) is 2. The molecule has 0 aliphatic rings. The van der Waals surface area contributed by atoms with Crippen LogP contribution in [0.3, 0.4) is 0 Å². The van der Waals surface area contributed by atoms with Crippen molar-refractivity contribution in [3.8, 4) is 55.6 Å². The van der Waals surface area contributed by atoms with Crippen LogP contribution in [-0.2, 0) is 0 Å². The molecule has 10 rings (SSSR count). The second-order valence-corrected chi connectivity index (χ2v) is 15.8. The molecule has 0 atom stereocenters. The van der Waals surface area contributed by atoms with Gasteiger partial charge in [0.1, 0.15) is 0 Å². The maximum atomic E-state index is 2.42. The fourth-order valence-electron chi connectivity index (χ4n) is 8.53. The molecule has 0 aromatic heterocycles. The molecule has 0 spiro atoms. The van der Waals surface area contributed by atoms with Crippen molar-refractivity contribution >= 4 is 34.1 Å². The molecule has 0 amide bonds. The normalized spacial score (nSPS) is 10.9. The van der Waals surface area contributed by atoms with Crippen LogP contribution in [0.2, 0.25) is 0 Å². The van der Waals surface area contributed by atoms with Crippen LogP contribution in [0.25, 0.3) is 55.6 Å². The summed E-state index contributed by atoms with van der Waals surface area (Å²) in [5.74, 6) is 0. The van der Waals surface area contributed by atoms with E-state index in [0.717, 1.165) is 50.8 Å². The van der Waals surface area contributed by atoms with E-state index in [1.807, 2.05) is 0 Å². The fraction of sp³-hybridized carbons (Fsp3) is 0.0164. The Balaban J connectivity index is 1.18. The number of benzene rings is 10. The van der Waals surface area contributed by atoms with Crippen LogP contribution in [0.4, 0.5) is 34.1 Å². The molecule has 0 radical (unpaired) electrons. The van der Waals surface area contributed by atoms with Gasteiger partial charge in [-0.2, -0.15) is 0 Å². The lowest BCUT2D eigenvalue weighted by Crippen LogP contribution is -2.16. The third-order valence-electron chi connectivity index (χ3n) is 11.9. The molecule has 300 valence electrons. The summed E-state index contributed by atoms with van der Waals surface area (Å²) in [6, 6.07) is 93.8. The van der Waals surface area contributed by atoms with Gasteiger partial charge in [0.05, 0.1) is 11.4 Å². The van der Waals surface area contributed by atoms with Gasteiger partial charge < -0.3 is 9.80 Å². The minimum Gasteiger partial charge on any atom is -0.310 e. The van der Waals surface area contributed by atoms with Crippen molar-refractivity contribution in [1.29, 1.82) is 0 Å². The Morgan fingerprint density at radius 3 is 0.619 bits per heavy atom. The predicted octanol–water partition coefficient (Wildman–Crippen LogP) is 17.3. The largest absolute Gasteiger partial charge is 0.310 e. The van der Waals surface area contributed by atoms with Crippen LogP contribution in [0.15, 0.2) is 261 Å². The van der Waals surface area contributed by atoms with E-state index in [1.165, 1.54) is 44.5 Å². The van der Waals surface area contributed by atoms with Gasteiger partial charge in [-0.3, -0.25) is 0 Å².